The molecule has 0 saturated carbocycles. The number of amides is 1. The lowest BCUT2D eigenvalue weighted by molar-refractivity contribution is -0.130. The number of fused-ring (bicyclic) bond motifs is 1. The third-order valence-electron chi connectivity index (χ3n) is 6.18. The lowest BCUT2D eigenvalue weighted by atomic mass is 9.59. The van der Waals surface area contributed by atoms with Crippen LogP contribution in [0.4, 0.5) is 0 Å². The molecule has 1 saturated heterocycles. The average molecular weight is 333 g/mol. The third-order valence-corrected chi connectivity index (χ3v) is 6.18. The second kappa shape index (κ2) is 5.99. The minimum Gasteiger partial charge on any atom is -0.368 e. The van der Waals surface area contributed by atoms with Gasteiger partial charge in [0.05, 0.1) is 0 Å². The second-order valence-corrected chi connectivity index (χ2v) is 7.53. The number of benzene rings is 2. The maximum absolute atomic E-state index is 12.3. The van der Waals surface area contributed by atoms with Crippen LogP contribution >= 0.6 is 0 Å². The van der Waals surface area contributed by atoms with Crippen molar-refractivity contribution in [3.63, 3.8) is 0 Å². The summed E-state index contributed by atoms with van der Waals surface area (Å²) in [6, 6.07) is 17.7. The van der Waals surface area contributed by atoms with Gasteiger partial charge in [0.25, 0.3) is 0 Å². The van der Waals surface area contributed by atoms with E-state index in [2.05, 4.69) is 53.8 Å². The van der Waals surface area contributed by atoms with Crippen molar-refractivity contribution in [3.8, 4) is 0 Å². The highest BCUT2D eigenvalue weighted by molar-refractivity contribution is 5.81. The standard InChI is InChI=1S/C22H23NO2/c24-22(20-10-5-11-25-20)23-13-14-12-19-15-6-1-3-8-17(15)21(14)18-9-4-2-7-16(18)19/h1-4,6-9,14,19-21H,5,10-13H2,(H,23,24). The molecule has 2 unspecified atom stereocenters. The van der Waals surface area contributed by atoms with Crippen molar-refractivity contribution < 1.29 is 9.53 Å². The summed E-state index contributed by atoms with van der Waals surface area (Å²) in [6.07, 6.45) is 2.73. The van der Waals surface area contributed by atoms with Gasteiger partial charge >= 0.3 is 0 Å². The maximum atomic E-state index is 12.3. The molecular formula is C22H23NO2. The van der Waals surface area contributed by atoms with Crippen molar-refractivity contribution in [2.75, 3.05) is 13.2 Å². The summed E-state index contributed by atoms with van der Waals surface area (Å²) < 4.78 is 5.52. The zero-order valence-corrected chi connectivity index (χ0v) is 14.3. The number of nitrogens with one attached hydrogen (secondary N) is 1. The zero-order valence-electron chi connectivity index (χ0n) is 14.3. The van der Waals surface area contributed by atoms with E-state index in [1.807, 2.05) is 0 Å². The van der Waals surface area contributed by atoms with Crippen LogP contribution in [0.3, 0.4) is 0 Å². The van der Waals surface area contributed by atoms with Crippen LogP contribution in [-0.2, 0) is 9.53 Å². The van der Waals surface area contributed by atoms with E-state index in [0.29, 0.717) is 24.4 Å². The van der Waals surface area contributed by atoms with Gasteiger partial charge in [0, 0.05) is 25.0 Å². The molecule has 1 aliphatic heterocycles. The van der Waals surface area contributed by atoms with Crippen LogP contribution in [0.5, 0.6) is 0 Å². The summed E-state index contributed by atoms with van der Waals surface area (Å²) in [5.74, 6) is 1.38. The highest BCUT2D eigenvalue weighted by Gasteiger charge is 2.43. The Hall–Kier alpha value is -2.13. The number of ether oxygens (including phenoxy) is 1. The fraction of sp³-hybridized carbons (Fsp3) is 0.409. The van der Waals surface area contributed by atoms with Crippen molar-refractivity contribution in [2.24, 2.45) is 5.92 Å². The van der Waals surface area contributed by atoms with Crippen LogP contribution in [0.1, 0.15) is 53.4 Å². The molecule has 2 aromatic rings. The first-order valence-electron chi connectivity index (χ1n) is 9.40. The Morgan fingerprint density at radius 1 is 1.00 bits per heavy atom. The quantitative estimate of drug-likeness (QED) is 0.932. The van der Waals surface area contributed by atoms with Gasteiger partial charge in [-0.3, -0.25) is 4.79 Å². The smallest absolute Gasteiger partial charge is 0.249 e. The van der Waals surface area contributed by atoms with Crippen LogP contribution in [-0.4, -0.2) is 25.2 Å². The number of carbonyl (C=O) groups excluding carboxylic acids is 1. The molecule has 0 spiro atoms. The highest BCUT2D eigenvalue weighted by Crippen LogP contribution is 2.55. The molecule has 6 rings (SSSR count). The zero-order chi connectivity index (χ0) is 16.8. The lowest BCUT2D eigenvalue weighted by Gasteiger charge is -2.45. The van der Waals surface area contributed by atoms with E-state index in [-0.39, 0.29) is 12.0 Å². The summed E-state index contributed by atoms with van der Waals surface area (Å²) >= 11 is 0. The van der Waals surface area contributed by atoms with Crippen molar-refractivity contribution in [1.82, 2.24) is 5.32 Å². The Bertz CT molecular complexity index is 762. The van der Waals surface area contributed by atoms with Gasteiger partial charge in [0.2, 0.25) is 5.91 Å². The van der Waals surface area contributed by atoms with Gasteiger partial charge in [-0.15, -0.1) is 0 Å². The SMILES string of the molecule is O=C(NCC1CC2c3ccccc3C1c1ccccc12)C1CCCO1. The molecule has 25 heavy (non-hydrogen) atoms. The molecule has 1 amide bonds. The first-order valence-corrected chi connectivity index (χ1v) is 9.40. The van der Waals surface area contributed by atoms with E-state index in [9.17, 15) is 4.79 Å². The van der Waals surface area contributed by atoms with E-state index >= 15 is 0 Å². The van der Waals surface area contributed by atoms with E-state index in [0.717, 1.165) is 25.8 Å². The molecule has 0 radical (unpaired) electrons. The van der Waals surface area contributed by atoms with Crippen molar-refractivity contribution >= 4 is 5.91 Å². The molecule has 1 heterocycles. The largest absolute Gasteiger partial charge is 0.368 e. The third kappa shape index (κ3) is 2.41. The normalized spacial score (nSPS) is 29.1. The van der Waals surface area contributed by atoms with Gasteiger partial charge in [-0.1, -0.05) is 48.5 Å². The Morgan fingerprint density at radius 3 is 2.24 bits per heavy atom. The minimum atomic E-state index is -0.236. The van der Waals surface area contributed by atoms with Gasteiger partial charge in [0.15, 0.2) is 0 Å². The van der Waals surface area contributed by atoms with Gasteiger partial charge in [-0.25, -0.2) is 0 Å². The molecule has 3 nitrogen and oxygen atoms in total. The molecular weight excluding hydrogens is 310 g/mol. The second-order valence-electron chi connectivity index (χ2n) is 7.53. The van der Waals surface area contributed by atoms with Crippen molar-refractivity contribution in [3.05, 3.63) is 70.8 Å². The summed E-state index contributed by atoms with van der Waals surface area (Å²) in [4.78, 5) is 12.3. The highest BCUT2D eigenvalue weighted by atomic mass is 16.5. The number of hydrogen-bond acceptors (Lipinski definition) is 2. The number of carbonyl (C=O) groups is 1. The van der Waals surface area contributed by atoms with Gasteiger partial charge < -0.3 is 10.1 Å². The van der Waals surface area contributed by atoms with E-state index in [1.165, 1.54) is 22.3 Å². The molecule has 2 bridgehead atoms. The Morgan fingerprint density at radius 2 is 1.64 bits per heavy atom. The molecule has 4 aliphatic rings. The molecule has 2 atom stereocenters. The van der Waals surface area contributed by atoms with E-state index < -0.39 is 0 Å². The molecule has 3 heteroatoms. The predicted octanol–water partition coefficient (Wildman–Crippen LogP) is 3.58. The summed E-state index contributed by atoms with van der Waals surface area (Å²) in [5, 5.41) is 3.18. The Labute approximate surface area is 148 Å². The molecule has 128 valence electrons. The average Bonchev–Trinajstić information content (AvgIpc) is 3.21. The topological polar surface area (TPSA) is 38.3 Å². The predicted molar refractivity (Wildman–Crippen MR) is 96.7 cm³/mol. The Balaban J connectivity index is 1.43. The summed E-state index contributed by atoms with van der Waals surface area (Å²) in [7, 11) is 0. The van der Waals surface area contributed by atoms with Crippen LogP contribution in [0.15, 0.2) is 48.5 Å². The van der Waals surface area contributed by atoms with Crippen LogP contribution in [0.2, 0.25) is 0 Å². The molecule has 3 aliphatic carbocycles. The maximum Gasteiger partial charge on any atom is 0.249 e. The first kappa shape index (κ1) is 15.2. The van der Waals surface area contributed by atoms with Gasteiger partial charge in [0.1, 0.15) is 6.10 Å². The number of hydrogen-bond donors (Lipinski definition) is 1. The van der Waals surface area contributed by atoms with E-state index in [1.54, 1.807) is 0 Å². The first-order chi connectivity index (χ1) is 12.3. The monoisotopic (exact) mass is 333 g/mol. The fourth-order valence-corrected chi connectivity index (χ4v) is 5.09. The fourth-order valence-electron chi connectivity index (χ4n) is 5.09. The molecule has 2 aromatic carbocycles. The summed E-state index contributed by atoms with van der Waals surface area (Å²) in [6.45, 7) is 1.45. The van der Waals surface area contributed by atoms with Crippen LogP contribution < -0.4 is 5.32 Å². The molecule has 1 fully saturated rings. The Kier molecular flexibility index (Phi) is 3.63. The lowest BCUT2D eigenvalue weighted by Crippen LogP contribution is -2.42. The van der Waals surface area contributed by atoms with E-state index in [4.69, 9.17) is 4.74 Å². The molecule has 1 N–H and O–H groups in total. The van der Waals surface area contributed by atoms with Gasteiger partial charge in [-0.2, -0.15) is 0 Å². The summed E-state index contributed by atoms with van der Waals surface area (Å²) in [5.41, 5.74) is 5.86. The van der Waals surface area contributed by atoms with Crippen molar-refractivity contribution in [2.45, 2.75) is 37.2 Å². The minimum absolute atomic E-state index is 0.0699. The van der Waals surface area contributed by atoms with Crippen LogP contribution in [0.25, 0.3) is 0 Å². The number of rotatable bonds is 3. The van der Waals surface area contributed by atoms with Crippen LogP contribution in [0, 0.1) is 5.92 Å². The van der Waals surface area contributed by atoms with Gasteiger partial charge in [-0.05, 0) is 47.4 Å². The molecule has 0 aromatic heterocycles. The van der Waals surface area contributed by atoms with Crippen molar-refractivity contribution in [1.29, 1.82) is 0 Å².